The Morgan fingerprint density at radius 3 is 2.47 bits per heavy atom. The maximum absolute atomic E-state index is 5.33. The Morgan fingerprint density at radius 1 is 1.16 bits per heavy atom. The normalized spacial score (nSPS) is 17.4. The molecule has 0 radical (unpaired) electrons. The molecule has 1 aliphatic rings. The molecule has 1 unspecified atom stereocenters. The molecule has 0 amide bonds. The molecule has 1 atom stereocenters. The van der Waals surface area contributed by atoms with Gasteiger partial charge in [0.25, 0.3) is 0 Å². The Bertz CT molecular complexity index is 400. The third-order valence-corrected chi connectivity index (χ3v) is 4.18. The lowest BCUT2D eigenvalue weighted by Gasteiger charge is -2.20. The van der Waals surface area contributed by atoms with Gasteiger partial charge in [-0.1, -0.05) is 18.9 Å². The summed E-state index contributed by atoms with van der Waals surface area (Å²) < 4.78 is 10.6. The van der Waals surface area contributed by atoms with E-state index in [0.29, 0.717) is 6.04 Å². The molecule has 0 aromatic heterocycles. The van der Waals surface area contributed by atoms with Crippen LogP contribution < -0.4 is 14.8 Å². The van der Waals surface area contributed by atoms with Crippen LogP contribution in [0.1, 0.15) is 38.2 Å². The Kier molecular flexibility index (Phi) is 5.08. The lowest BCUT2D eigenvalue weighted by Crippen LogP contribution is -2.31. The van der Waals surface area contributed by atoms with Crippen molar-refractivity contribution >= 4 is 0 Å². The lowest BCUT2D eigenvalue weighted by molar-refractivity contribution is 0.353. The summed E-state index contributed by atoms with van der Waals surface area (Å²) in [5.74, 6) is 2.44. The molecule has 106 valence electrons. The quantitative estimate of drug-likeness (QED) is 0.853. The van der Waals surface area contributed by atoms with Crippen molar-refractivity contribution in [1.29, 1.82) is 0 Å². The summed E-state index contributed by atoms with van der Waals surface area (Å²) >= 11 is 0. The first kappa shape index (κ1) is 14.2. The van der Waals surface area contributed by atoms with Crippen LogP contribution in [0, 0.1) is 5.92 Å². The standard InChI is InChI=1S/C16H25NO2/c1-12(14-6-4-5-7-14)17-11-13-8-9-15(18-2)16(10-13)19-3/h8-10,12,14,17H,4-7,11H2,1-3H3. The molecule has 19 heavy (non-hydrogen) atoms. The Morgan fingerprint density at radius 2 is 1.84 bits per heavy atom. The number of hydrogen-bond acceptors (Lipinski definition) is 3. The van der Waals surface area contributed by atoms with Gasteiger partial charge < -0.3 is 14.8 Å². The van der Waals surface area contributed by atoms with Crippen molar-refractivity contribution in [1.82, 2.24) is 5.32 Å². The summed E-state index contributed by atoms with van der Waals surface area (Å²) in [7, 11) is 3.34. The minimum absolute atomic E-state index is 0.593. The molecule has 3 nitrogen and oxygen atoms in total. The first-order chi connectivity index (χ1) is 9.24. The van der Waals surface area contributed by atoms with Crippen LogP contribution in [0.3, 0.4) is 0 Å². The average Bonchev–Trinajstić information content (AvgIpc) is 2.98. The SMILES string of the molecule is COc1ccc(CNC(C)C2CCCC2)cc1OC. The highest BCUT2D eigenvalue weighted by atomic mass is 16.5. The van der Waals surface area contributed by atoms with Gasteiger partial charge in [-0.05, 0) is 43.4 Å². The van der Waals surface area contributed by atoms with Crippen molar-refractivity contribution in [3.05, 3.63) is 23.8 Å². The molecule has 1 aromatic rings. The first-order valence-corrected chi connectivity index (χ1v) is 7.19. The molecule has 0 aliphatic heterocycles. The van der Waals surface area contributed by atoms with Crippen LogP contribution in [0.25, 0.3) is 0 Å². The van der Waals surface area contributed by atoms with E-state index in [0.717, 1.165) is 24.0 Å². The van der Waals surface area contributed by atoms with E-state index in [-0.39, 0.29) is 0 Å². The van der Waals surface area contributed by atoms with Gasteiger partial charge in [0.05, 0.1) is 14.2 Å². The van der Waals surface area contributed by atoms with E-state index < -0.39 is 0 Å². The molecule has 1 N–H and O–H groups in total. The Hall–Kier alpha value is -1.22. The Balaban J connectivity index is 1.91. The smallest absolute Gasteiger partial charge is 0.161 e. The van der Waals surface area contributed by atoms with Crippen molar-refractivity contribution < 1.29 is 9.47 Å². The highest BCUT2D eigenvalue weighted by Crippen LogP contribution is 2.29. The molecular formula is C16H25NO2. The zero-order valence-corrected chi connectivity index (χ0v) is 12.2. The maximum Gasteiger partial charge on any atom is 0.161 e. The van der Waals surface area contributed by atoms with Gasteiger partial charge in [0.15, 0.2) is 11.5 Å². The van der Waals surface area contributed by atoms with Crippen LogP contribution in [0.4, 0.5) is 0 Å². The molecule has 1 aromatic carbocycles. The van der Waals surface area contributed by atoms with Gasteiger partial charge in [-0.15, -0.1) is 0 Å². The largest absolute Gasteiger partial charge is 0.493 e. The minimum Gasteiger partial charge on any atom is -0.493 e. The van der Waals surface area contributed by atoms with E-state index in [9.17, 15) is 0 Å². The summed E-state index contributed by atoms with van der Waals surface area (Å²) in [6, 6.07) is 6.70. The van der Waals surface area contributed by atoms with E-state index in [1.54, 1.807) is 14.2 Å². The number of ether oxygens (including phenoxy) is 2. The predicted molar refractivity (Wildman–Crippen MR) is 77.8 cm³/mol. The van der Waals surface area contributed by atoms with Gasteiger partial charge in [-0.3, -0.25) is 0 Å². The van der Waals surface area contributed by atoms with Crippen LogP contribution in [0.2, 0.25) is 0 Å². The van der Waals surface area contributed by atoms with Crippen molar-refractivity contribution in [3.8, 4) is 11.5 Å². The van der Waals surface area contributed by atoms with Crippen LogP contribution in [-0.4, -0.2) is 20.3 Å². The Labute approximate surface area is 116 Å². The van der Waals surface area contributed by atoms with E-state index >= 15 is 0 Å². The second-order valence-electron chi connectivity index (χ2n) is 5.40. The lowest BCUT2D eigenvalue weighted by atomic mass is 9.99. The number of methoxy groups -OCH3 is 2. The summed E-state index contributed by atoms with van der Waals surface area (Å²) in [5.41, 5.74) is 1.24. The fourth-order valence-electron chi connectivity index (χ4n) is 2.89. The summed E-state index contributed by atoms with van der Waals surface area (Å²) in [6.07, 6.45) is 5.54. The first-order valence-electron chi connectivity index (χ1n) is 7.19. The molecular weight excluding hydrogens is 238 g/mol. The van der Waals surface area contributed by atoms with Gasteiger partial charge in [0.1, 0.15) is 0 Å². The molecule has 0 heterocycles. The van der Waals surface area contributed by atoms with Crippen molar-refractivity contribution in [2.75, 3.05) is 14.2 Å². The van der Waals surface area contributed by atoms with Crippen molar-refractivity contribution in [2.24, 2.45) is 5.92 Å². The fourth-order valence-corrected chi connectivity index (χ4v) is 2.89. The fraction of sp³-hybridized carbons (Fsp3) is 0.625. The molecule has 1 aliphatic carbocycles. The molecule has 1 saturated carbocycles. The van der Waals surface area contributed by atoms with Crippen molar-refractivity contribution in [3.63, 3.8) is 0 Å². The number of hydrogen-bond donors (Lipinski definition) is 1. The minimum atomic E-state index is 0.593. The predicted octanol–water partition coefficient (Wildman–Crippen LogP) is 3.37. The van der Waals surface area contributed by atoms with E-state index in [2.05, 4.69) is 18.3 Å². The van der Waals surface area contributed by atoms with Crippen LogP contribution in [0.5, 0.6) is 11.5 Å². The number of rotatable bonds is 6. The van der Waals surface area contributed by atoms with E-state index in [4.69, 9.17) is 9.47 Å². The highest BCUT2D eigenvalue weighted by Gasteiger charge is 2.20. The second-order valence-corrected chi connectivity index (χ2v) is 5.40. The zero-order valence-electron chi connectivity index (χ0n) is 12.2. The highest BCUT2D eigenvalue weighted by molar-refractivity contribution is 5.42. The maximum atomic E-state index is 5.33. The van der Waals surface area contributed by atoms with Crippen LogP contribution in [-0.2, 0) is 6.54 Å². The van der Waals surface area contributed by atoms with Crippen molar-refractivity contribution in [2.45, 2.75) is 45.2 Å². The van der Waals surface area contributed by atoms with E-state index in [1.807, 2.05) is 12.1 Å². The molecule has 0 bridgehead atoms. The van der Waals surface area contributed by atoms with Crippen LogP contribution >= 0.6 is 0 Å². The third-order valence-electron chi connectivity index (χ3n) is 4.18. The number of benzene rings is 1. The topological polar surface area (TPSA) is 30.5 Å². The molecule has 0 spiro atoms. The summed E-state index contributed by atoms with van der Waals surface area (Å²) in [4.78, 5) is 0. The average molecular weight is 263 g/mol. The summed E-state index contributed by atoms with van der Waals surface area (Å²) in [6.45, 7) is 3.19. The van der Waals surface area contributed by atoms with E-state index in [1.165, 1.54) is 31.2 Å². The second kappa shape index (κ2) is 6.80. The number of nitrogens with one attached hydrogen (secondary N) is 1. The molecule has 3 heteroatoms. The van der Waals surface area contributed by atoms with Gasteiger partial charge in [-0.2, -0.15) is 0 Å². The van der Waals surface area contributed by atoms with Gasteiger partial charge in [0, 0.05) is 12.6 Å². The van der Waals surface area contributed by atoms with Gasteiger partial charge in [-0.25, -0.2) is 0 Å². The van der Waals surface area contributed by atoms with Gasteiger partial charge >= 0.3 is 0 Å². The summed E-state index contributed by atoms with van der Waals surface area (Å²) in [5, 5.41) is 3.63. The molecule has 1 fully saturated rings. The monoisotopic (exact) mass is 263 g/mol. The zero-order chi connectivity index (χ0) is 13.7. The van der Waals surface area contributed by atoms with Crippen LogP contribution in [0.15, 0.2) is 18.2 Å². The molecule has 2 rings (SSSR count). The molecule has 0 saturated heterocycles. The third kappa shape index (κ3) is 3.63. The van der Waals surface area contributed by atoms with Gasteiger partial charge in [0.2, 0.25) is 0 Å².